The SMILES string of the molecule is O=C(OCCCCCN1CCN(c2ccc(F)cc2)CC1)n1c2ccccc2c2[nH]c(=O)c3ccccc3c21. The second kappa shape index (κ2) is 10.9. The van der Waals surface area contributed by atoms with Crippen molar-refractivity contribution in [3.8, 4) is 0 Å². The van der Waals surface area contributed by atoms with Crippen LogP contribution in [0.3, 0.4) is 0 Å². The Morgan fingerprint density at radius 2 is 1.51 bits per heavy atom. The van der Waals surface area contributed by atoms with Gasteiger partial charge >= 0.3 is 6.09 Å². The number of H-pyrrole nitrogens is 1. The number of hydrogen-bond acceptors (Lipinski definition) is 5. The molecule has 0 spiro atoms. The van der Waals surface area contributed by atoms with Gasteiger partial charge in [-0.1, -0.05) is 36.4 Å². The number of para-hydroxylation sites is 1. The van der Waals surface area contributed by atoms with Crippen molar-refractivity contribution >= 4 is 44.5 Å². The van der Waals surface area contributed by atoms with Crippen LogP contribution in [-0.2, 0) is 4.74 Å². The Hall–Kier alpha value is -4.17. The van der Waals surface area contributed by atoms with Gasteiger partial charge in [0.15, 0.2) is 0 Å². The molecule has 7 nitrogen and oxygen atoms in total. The molecule has 0 aliphatic carbocycles. The highest BCUT2D eigenvalue weighted by atomic mass is 19.1. The molecule has 1 aliphatic heterocycles. The molecule has 1 N–H and O–H groups in total. The number of unbranched alkanes of at least 4 members (excludes halogenated alkanes) is 2. The lowest BCUT2D eigenvalue weighted by atomic mass is 10.1. The number of piperazine rings is 1. The summed E-state index contributed by atoms with van der Waals surface area (Å²) in [5, 5.41) is 2.08. The van der Waals surface area contributed by atoms with Crippen LogP contribution in [0.15, 0.2) is 77.6 Å². The van der Waals surface area contributed by atoms with Crippen LogP contribution in [0.5, 0.6) is 0 Å². The number of pyridine rings is 1. The van der Waals surface area contributed by atoms with Crippen molar-refractivity contribution in [1.29, 1.82) is 0 Å². The first-order valence-corrected chi connectivity index (χ1v) is 13.5. The van der Waals surface area contributed by atoms with E-state index in [1.807, 2.05) is 54.6 Å². The molecule has 1 aliphatic rings. The molecule has 8 heteroatoms. The lowest BCUT2D eigenvalue weighted by Crippen LogP contribution is -2.46. The molecule has 0 atom stereocenters. The van der Waals surface area contributed by atoms with Crippen molar-refractivity contribution < 1.29 is 13.9 Å². The van der Waals surface area contributed by atoms with E-state index in [4.69, 9.17) is 4.74 Å². The molecule has 0 amide bonds. The van der Waals surface area contributed by atoms with E-state index in [1.165, 1.54) is 12.1 Å². The minimum atomic E-state index is -0.435. The Balaban J connectivity index is 1.04. The zero-order valence-electron chi connectivity index (χ0n) is 21.7. The number of hydrogen-bond donors (Lipinski definition) is 1. The molecule has 0 unspecified atom stereocenters. The highest BCUT2D eigenvalue weighted by molar-refractivity contribution is 6.18. The third-order valence-corrected chi connectivity index (χ3v) is 7.63. The lowest BCUT2D eigenvalue weighted by molar-refractivity contribution is 0.147. The molecule has 6 rings (SSSR count). The fourth-order valence-corrected chi connectivity index (χ4v) is 5.60. The third-order valence-electron chi connectivity index (χ3n) is 7.63. The Kier molecular flexibility index (Phi) is 7.02. The van der Waals surface area contributed by atoms with Crippen LogP contribution in [0, 0.1) is 5.82 Å². The zero-order valence-corrected chi connectivity index (χ0v) is 21.7. The predicted molar refractivity (Wildman–Crippen MR) is 153 cm³/mol. The van der Waals surface area contributed by atoms with Crippen molar-refractivity contribution in [2.75, 3.05) is 44.2 Å². The first-order chi connectivity index (χ1) is 19.1. The maximum absolute atomic E-state index is 13.3. The van der Waals surface area contributed by atoms with Gasteiger partial charge in [0.25, 0.3) is 5.56 Å². The van der Waals surface area contributed by atoms with E-state index in [9.17, 15) is 14.0 Å². The van der Waals surface area contributed by atoms with Crippen LogP contribution >= 0.6 is 0 Å². The second-order valence-electron chi connectivity index (χ2n) is 10.1. The molecule has 5 aromatic rings. The van der Waals surface area contributed by atoms with Crippen molar-refractivity contribution in [1.82, 2.24) is 14.5 Å². The van der Waals surface area contributed by atoms with Crippen LogP contribution in [0.2, 0.25) is 0 Å². The quantitative estimate of drug-likeness (QED) is 0.274. The van der Waals surface area contributed by atoms with E-state index in [0.29, 0.717) is 28.5 Å². The van der Waals surface area contributed by atoms with E-state index in [1.54, 1.807) is 10.6 Å². The summed E-state index contributed by atoms with van der Waals surface area (Å²) in [7, 11) is 0. The minimum absolute atomic E-state index is 0.175. The summed E-state index contributed by atoms with van der Waals surface area (Å²) in [6, 6.07) is 21.6. The molecule has 2 aromatic heterocycles. The van der Waals surface area contributed by atoms with Gasteiger partial charge in [0.2, 0.25) is 0 Å². The van der Waals surface area contributed by atoms with Gasteiger partial charge in [-0.05, 0) is 62.2 Å². The van der Waals surface area contributed by atoms with Gasteiger partial charge in [-0.25, -0.2) is 13.8 Å². The zero-order chi connectivity index (χ0) is 26.8. The summed E-state index contributed by atoms with van der Waals surface area (Å²) in [6.45, 7) is 5.18. The summed E-state index contributed by atoms with van der Waals surface area (Å²) >= 11 is 0. The number of ether oxygens (including phenoxy) is 1. The number of nitrogens with zero attached hydrogens (tertiary/aromatic N) is 3. The Bertz CT molecular complexity index is 1680. The number of benzene rings is 3. The first kappa shape index (κ1) is 25.1. The maximum Gasteiger partial charge on any atom is 0.419 e. The summed E-state index contributed by atoms with van der Waals surface area (Å²) in [6.07, 6.45) is 2.36. The maximum atomic E-state index is 13.3. The molecule has 1 fully saturated rings. The minimum Gasteiger partial charge on any atom is -0.449 e. The van der Waals surface area contributed by atoms with E-state index in [-0.39, 0.29) is 11.4 Å². The van der Waals surface area contributed by atoms with Gasteiger partial charge in [0.1, 0.15) is 5.82 Å². The monoisotopic (exact) mass is 526 g/mol. The van der Waals surface area contributed by atoms with Crippen LogP contribution in [-0.4, -0.2) is 59.9 Å². The van der Waals surface area contributed by atoms with Gasteiger partial charge in [-0.2, -0.15) is 0 Å². The Morgan fingerprint density at radius 3 is 2.28 bits per heavy atom. The summed E-state index contributed by atoms with van der Waals surface area (Å²) in [5.41, 5.74) is 2.91. The van der Waals surface area contributed by atoms with Crippen molar-refractivity contribution in [2.45, 2.75) is 19.3 Å². The molecule has 1 saturated heterocycles. The van der Waals surface area contributed by atoms with E-state index < -0.39 is 6.09 Å². The number of fused-ring (bicyclic) bond motifs is 5. The molecule has 0 bridgehead atoms. The average Bonchev–Trinajstić information content (AvgIpc) is 3.30. The standard InChI is InChI=1S/C31H31FN4O3/c32-22-12-14-23(15-13-22)35-19-17-34(18-20-35)16-6-1-7-21-39-31(38)36-27-11-5-4-10-26(27)28-29(36)24-8-2-3-9-25(24)30(37)33-28/h2-5,8-15H,1,6-7,16-21H2,(H,33,37). The fraction of sp³-hybridized carbons (Fsp3) is 0.290. The Labute approximate surface area is 225 Å². The summed E-state index contributed by atoms with van der Waals surface area (Å²) in [5.74, 6) is -0.206. The van der Waals surface area contributed by atoms with E-state index in [0.717, 1.165) is 68.4 Å². The van der Waals surface area contributed by atoms with Gasteiger partial charge < -0.3 is 14.6 Å². The van der Waals surface area contributed by atoms with Crippen molar-refractivity contribution in [2.24, 2.45) is 0 Å². The molecule has 0 radical (unpaired) electrons. The lowest BCUT2D eigenvalue weighted by Gasteiger charge is -2.36. The highest BCUT2D eigenvalue weighted by Gasteiger charge is 2.21. The van der Waals surface area contributed by atoms with Gasteiger partial charge in [0, 0.05) is 48.0 Å². The summed E-state index contributed by atoms with van der Waals surface area (Å²) in [4.78, 5) is 33.7. The van der Waals surface area contributed by atoms with Crippen molar-refractivity contribution in [3.63, 3.8) is 0 Å². The van der Waals surface area contributed by atoms with E-state index in [2.05, 4.69) is 14.8 Å². The van der Waals surface area contributed by atoms with Crippen LogP contribution in [0.1, 0.15) is 19.3 Å². The van der Waals surface area contributed by atoms with Gasteiger partial charge in [-0.3, -0.25) is 9.69 Å². The Morgan fingerprint density at radius 1 is 0.821 bits per heavy atom. The number of nitrogens with one attached hydrogen (secondary N) is 1. The van der Waals surface area contributed by atoms with Crippen LogP contribution < -0.4 is 10.5 Å². The molecule has 39 heavy (non-hydrogen) atoms. The number of rotatable bonds is 7. The molecule has 3 heterocycles. The first-order valence-electron chi connectivity index (χ1n) is 13.5. The van der Waals surface area contributed by atoms with Gasteiger partial charge in [0.05, 0.1) is 23.2 Å². The average molecular weight is 527 g/mol. The third kappa shape index (κ3) is 5.00. The van der Waals surface area contributed by atoms with Crippen molar-refractivity contribution in [3.05, 3.63) is 89.0 Å². The highest BCUT2D eigenvalue weighted by Crippen LogP contribution is 2.31. The number of aromatic nitrogens is 2. The summed E-state index contributed by atoms with van der Waals surface area (Å²) < 4.78 is 20.5. The second-order valence-corrected chi connectivity index (χ2v) is 10.1. The number of anilines is 1. The topological polar surface area (TPSA) is 70.6 Å². The fourth-order valence-electron chi connectivity index (χ4n) is 5.60. The smallest absolute Gasteiger partial charge is 0.419 e. The van der Waals surface area contributed by atoms with E-state index >= 15 is 0 Å². The predicted octanol–water partition coefficient (Wildman–Crippen LogP) is 5.75. The molecule has 200 valence electrons. The molecule has 3 aromatic carbocycles. The largest absolute Gasteiger partial charge is 0.449 e. The number of carbonyl (C=O) groups excluding carboxylic acids is 1. The van der Waals surface area contributed by atoms with Crippen LogP contribution in [0.4, 0.5) is 14.9 Å². The normalized spacial score (nSPS) is 14.4. The molecule has 0 saturated carbocycles. The van der Waals surface area contributed by atoms with Crippen LogP contribution in [0.25, 0.3) is 32.7 Å². The molecular weight excluding hydrogens is 495 g/mol. The number of carbonyl (C=O) groups is 1. The number of aromatic amines is 1. The number of halogens is 1. The van der Waals surface area contributed by atoms with Gasteiger partial charge in [-0.15, -0.1) is 0 Å². The molecular formula is C31H31FN4O3.